The van der Waals surface area contributed by atoms with Crippen molar-refractivity contribution in [2.75, 3.05) is 25.5 Å². The molecule has 0 radical (unpaired) electrons. The molecule has 1 aliphatic carbocycles. The summed E-state index contributed by atoms with van der Waals surface area (Å²) in [5, 5.41) is 6.31. The average molecular weight is 453 g/mol. The molecule has 174 valence electrons. The van der Waals surface area contributed by atoms with Gasteiger partial charge in [0, 0.05) is 24.6 Å². The molecule has 3 atom stereocenters. The molecule has 3 aromatic carbocycles. The molecular weight excluding hydrogens is 420 g/mol. The number of likely N-dealkylation sites (tertiary alicyclic amines) is 1. The molecule has 0 saturated carbocycles. The number of benzene rings is 3. The van der Waals surface area contributed by atoms with E-state index in [4.69, 9.17) is 4.74 Å². The summed E-state index contributed by atoms with van der Waals surface area (Å²) in [5.41, 5.74) is 4.25. The largest absolute Gasteiger partial charge is 0.496 e. The minimum absolute atomic E-state index is 0.0617. The fraction of sp³-hybridized carbons (Fsp3) is 0.367. The first-order chi connectivity index (χ1) is 16.8. The number of ether oxygens (including phenoxy) is 1. The number of hydrogen-bond acceptors (Lipinski definition) is 3. The van der Waals surface area contributed by atoms with E-state index in [1.54, 1.807) is 7.11 Å². The molecule has 1 amide bonds. The minimum atomic E-state index is 0.0617. The lowest BCUT2D eigenvalue weighted by Crippen LogP contribution is -2.35. The first-order valence-corrected chi connectivity index (χ1v) is 12.7. The highest BCUT2D eigenvalue weighted by atomic mass is 16.5. The maximum absolute atomic E-state index is 13.7. The Balaban J connectivity index is 1.48. The van der Waals surface area contributed by atoms with Crippen molar-refractivity contribution in [1.29, 1.82) is 0 Å². The van der Waals surface area contributed by atoms with Crippen molar-refractivity contribution in [3.8, 4) is 5.75 Å². The highest BCUT2D eigenvalue weighted by molar-refractivity contribution is 6.01. The molecule has 4 nitrogen and oxygen atoms in total. The fourth-order valence-corrected chi connectivity index (χ4v) is 6.30. The second-order valence-electron chi connectivity index (χ2n) is 9.85. The summed E-state index contributed by atoms with van der Waals surface area (Å²) in [6.45, 7) is 1.71. The Kier molecular flexibility index (Phi) is 5.52. The van der Waals surface area contributed by atoms with Crippen LogP contribution in [0.2, 0.25) is 0 Å². The van der Waals surface area contributed by atoms with Crippen LogP contribution in [0, 0.1) is 5.92 Å². The van der Waals surface area contributed by atoms with Crippen LogP contribution in [0.3, 0.4) is 0 Å². The molecule has 0 aromatic heterocycles. The third-order valence-electron chi connectivity index (χ3n) is 7.98. The zero-order chi connectivity index (χ0) is 23.1. The number of amides is 1. The van der Waals surface area contributed by atoms with E-state index < -0.39 is 0 Å². The molecule has 2 heterocycles. The van der Waals surface area contributed by atoms with Crippen LogP contribution in [0.15, 0.2) is 66.7 Å². The van der Waals surface area contributed by atoms with Crippen molar-refractivity contribution < 1.29 is 9.53 Å². The highest BCUT2D eigenvalue weighted by Crippen LogP contribution is 2.53. The van der Waals surface area contributed by atoms with Gasteiger partial charge in [-0.2, -0.15) is 0 Å². The topological polar surface area (TPSA) is 41.6 Å². The number of nitrogens with one attached hydrogen (secondary N) is 1. The van der Waals surface area contributed by atoms with Gasteiger partial charge >= 0.3 is 0 Å². The number of nitrogens with zero attached hydrogens (tertiary/aromatic N) is 1. The molecule has 2 aliphatic heterocycles. The highest BCUT2D eigenvalue weighted by Gasteiger charge is 2.41. The van der Waals surface area contributed by atoms with E-state index in [1.165, 1.54) is 34.7 Å². The lowest BCUT2D eigenvalue weighted by atomic mass is 9.75. The number of carbonyl (C=O) groups is 1. The first kappa shape index (κ1) is 21.3. The average Bonchev–Trinajstić information content (AvgIpc) is 3.22. The van der Waals surface area contributed by atoms with Gasteiger partial charge < -0.3 is 15.0 Å². The summed E-state index contributed by atoms with van der Waals surface area (Å²) in [7, 11) is 1.75. The Labute approximate surface area is 201 Å². The van der Waals surface area contributed by atoms with E-state index in [1.807, 2.05) is 6.07 Å². The van der Waals surface area contributed by atoms with Gasteiger partial charge in [0.15, 0.2) is 0 Å². The Morgan fingerprint density at radius 1 is 0.971 bits per heavy atom. The van der Waals surface area contributed by atoms with Crippen molar-refractivity contribution in [3.63, 3.8) is 0 Å². The van der Waals surface area contributed by atoms with E-state index in [0.717, 1.165) is 49.4 Å². The Hall–Kier alpha value is -3.27. The molecule has 3 aliphatic rings. The second kappa shape index (κ2) is 8.83. The molecule has 34 heavy (non-hydrogen) atoms. The molecule has 4 heteroatoms. The summed E-state index contributed by atoms with van der Waals surface area (Å²) in [6.07, 6.45) is 10.3. The molecule has 1 fully saturated rings. The summed E-state index contributed by atoms with van der Waals surface area (Å²) in [5.74, 6) is 1.74. The monoisotopic (exact) mass is 452 g/mol. The van der Waals surface area contributed by atoms with Gasteiger partial charge in [0.25, 0.3) is 5.91 Å². The van der Waals surface area contributed by atoms with Crippen molar-refractivity contribution in [2.24, 2.45) is 5.92 Å². The minimum Gasteiger partial charge on any atom is -0.496 e. The zero-order valence-electron chi connectivity index (χ0n) is 19.8. The number of anilines is 1. The number of fused-ring (bicyclic) bond motifs is 4. The molecule has 1 N–H and O–H groups in total. The van der Waals surface area contributed by atoms with Crippen LogP contribution in [-0.4, -0.2) is 31.0 Å². The van der Waals surface area contributed by atoms with Gasteiger partial charge in [-0.3, -0.25) is 4.79 Å². The Morgan fingerprint density at radius 3 is 2.62 bits per heavy atom. The normalized spacial score (nSPS) is 23.7. The standard InChI is InChI=1S/C30H32N2O2/c1-34-26-17-16-20-10-4-5-11-21(20)27(26)29-24-14-8-12-22(24)23-13-9-15-25(28(23)31-29)30(33)32-18-6-2-3-7-19-32/h4-5,8-13,15-17,22,24,29,31H,2-3,6-7,14,18-19H2,1H3. The smallest absolute Gasteiger partial charge is 0.255 e. The Morgan fingerprint density at radius 2 is 1.79 bits per heavy atom. The summed E-state index contributed by atoms with van der Waals surface area (Å²) in [4.78, 5) is 15.8. The van der Waals surface area contributed by atoms with Gasteiger partial charge in [0.2, 0.25) is 0 Å². The van der Waals surface area contributed by atoms with Gasteiger partial charge in [-0.15, -0.1) is 0 Å². The first-order valence-electron chi connectivity index (χ1n) is 12.7. The van der Waals surface area contributed by atoms with Crippen molar-refractivity contribution in [3.05, 3.63) is 83.4 Å². The van der Waals surface area contributed by atoms with Gasteiger partial charge in [-0.1, -0.05) is 67.5 Å². The molecule has 0 spiro atoms. The molecule has 3 aromatic rings. The summed E-state index contributed by atoms with van der Waals surface area (Å²) in [6, 6.07) is 19.1. The van der Waals surface area contributed by atoms with E-state index in [2.05, 4.69) is 70.9 Å². The van der Waals surface area contributed by atoms with Crippen molar-refractivity contribution in [1.82, 2.24) is 4.90 Å². The number of rotatable bonds is 3. The molecule has 6 rings (SSSR count). The molecular formula is C30H32N2O2. The van der Waals surface area contributed by atoms with Crippen molar-refractivity contribution >= 4 is 22.4 Å². The van der Waals surface area contributed by atoms with Gasteiger partial charge in [-0.05, 0) is 53.6 Å². The molecule has 3 unspecified atom stereocenters. The molecule has 1 saturated heterocycles. The van der Waals surface area contributed by atoms with Crippen LogP contribution in [0.1, 0.15) is 65.5 Å². The van der Waals surface area contributed by atoms with E-state index in [9.17, 15) is 4.79 Å². The third kappa shape index (κ3) is 3.48. The SMILES string of the molecule is COc1ccc2ccccc2c1C1Nc2c(C(=O)N3CCCCCC3)cccc2C2C=CCC21. The van der Waals surface area contributed by atoms with E-state index >= 15 is 0 Å². The summed E-state index contributed by atoms with van der Waals surface area (Å²) >= 11 is 0. The van der Waals surface area contributed by atoms with Crippen molar-refractivity contribution in [2.45, 2.75) is 44.1 Å². The number of para-hydroxylation sites is 1. The second-order valence-corrected chi connectivity index (χ2v) is 9.85. The maximum Gasteiger partial charge on any atom is 0.255 e. The number of hydrogen-bond donors (Lipinski definition) is 1. The van der Waals surface area contributed by atoms with Crippen LogP contribution >= 0.6 is 0 Å². The van der Waals surface area contributed by atoms with E-state index in [-0.39, 0.29) is 11.9 Å². The van der Waals surface area contributed by atoms with Crippen LogP contribution in [-0.2, 0) is 0 Å². The number of methoxy groups -OCH3 is 1. The predicted octanol–water partition coefficient (Wildman–Crippen LogP) is 6.69. The maximum atomic E-state index is 13.7. The van der Waals surface area contributed by atoms with Crippen LogP contribution in [0.4, 0.5) is 5.69 Å². The van der Waals surface area contributed by atoms with Gasteiger partial charge in [0.1, 0.15) is 5.75 Å². The lowest BCUT2D eigenvalue weighted by Gasteiger charge is -2.39. The van der Waals surface area contributed by atoms with E-state index in [0.29, 0.717) is 11.8 Å². The molecule has 0 bridgehead atoms. The predicted molar refractivity (Wildman–Crippen MR) is 138 cm³/mol. The number of carbonyl (C=O) groups excluding carboxylic acids is 1. The van der Waals surface area contributed by atoms with Crippen LogP contribution in [0.5, 0.6) is 5.75 Å². The number of allylic oxidation sites excluding steroid dienone is 2. The lowest BCUT2D eigenvalue weighted by molar-refractivity contribution is 0.0762. The Bertz CT molecular complexity index is 1260. The quantitative estimate of drug-likeness (QED) is 0.450. The third-order valence-corrected chi connectivity index (χ3v) is 7.98. The summed E-state index contributed by atoms with van der Waals surface area (Å²) < 4.78 is 5.89. The van der Waals surface area contributed by atoms with Crippen LogP contribution in [0.25, 0.3) is 10.8 Å². The van der Waals surface area contributed by atoms with Gasteiger partial charge in [0.05, 0.1) is 24.4 Å². The fourth-order valence-electron chi connectivity index (χ4n) is 6.30. The van der Waals surface area contributed by atoms with Gasteiger partial charge in [-0.25, -0.2) is 0 Å². The van der Waals surface area contributed by atoms with Crippen LogP contribution < -0.4 is 10.1 Å². The zero-order valence-corrected chi connectivity index (χ0v) is 19.8.